The van der Waals surface area contributed by atoms with Gasteiger partial charge in [-0.3, -0.25) is 0 Å². The normalized spacial score (nSPS) is 11.2. The van der Waals surface area contributed by atoms with Gasteiger partial charge in [-0.05, 0) is 18.6 Å². The van der Waals surface area contributed by atoms with Crippen LogP contribution in [0.1, 0.15) is 12.5 Å². The number of rotatable bonds is 2. The topological polar surface area (TPSA) is 49.9 Å². The summed E-state index contributed by atoms with van der Waals surface area (Å²) in [4.78, 5) is 0. The second-order valence-corrected chi connectivity index (χ2v) is 2.67. The second kappa shape index (κ2) is 3.72. The van der Waals surface area contributed by atoms with Crippen LogP contribution in [0.5, 0.6) is 0 Å². The van der Waals surface area contributed by atoms with Crippen molar-refractivity contribution in [3.63, 3.8) is 0 Å². The summed E-state index contributed by atoms with van der Waals surface area (Å²) in [6.07, 6.45) is 1.65. The third-order valence-electron chi connectivity index (χ3n) is 1.46. The van der Waals surface area contributed by atoms with E-state index in [0.29, 0.717) is 11.4 Å². The predicted octanol–water partition coefficient (Wildman–Crippen LogP) is 1.92. The van der Waals surface area contributed by atoms with E-state index in [4.69, 9.17) is 11.1 Å². The Labute approximate surface area is 72.2 Å². The van der Waals surface area contributed by atoms with Gasteiger partial charge in [-0.25, -0.2) is 0 Å². The third kappa shape index (κ3) is 2.23. The van der Waals surface area contributed by atoms with E-state index in [1.807, 2.05) is 30.3 Å². The van der Waals surface area contributed by atoms with Crippen molar-refractivity contribution in [1.29, 1.82) is 5.41 Å². The Morgan fingerprint density at radius 1 is 1.33 bits per heavy atom. The maximum atomic E-state index is 7.60. The van der Waals surface area contributed by atoms with Gasteiger partial charge in [0, 0.05) is 5.70 Å². The molecule has 0 aliphatic heterocycles. The minimum atomic E-state index is 0.454. The second-order valence-electron chi connectivity index (χ2n) is 2.67. The van der Waals surface area contributed by atoms with E-state index >= 15 is 0 Å². The summed E-state index contributed by atoms with van der Waals surface area (Å²) in [5.41, 5.74) is 7.45. The highest BCUT2D eigenvalue weighted by Gasteiger charge is 1.94. The number of allylic oxidation sites excluding steroid dienone is 2. The molecule has 0 aromatic heterocycles. The van der Waals surface area contributed by atoms with Crippen LogP contribution in [0.2, 0.25) is 0 Å². The first-order valence-corrected chi connectivity index (χ1v) is 3.78. The predicted molar refractivity (Wildman–Crippen MR) is 51.2 cm³/mol. The number of benzene rings is 1. The van der Waals surface area contributed by atoms with E-state index < -0.39 is 0 Å². The smallest absolute Gasteiger partial charge is 0.0629 e. The molecule has 0 heterocycles. The van der Waals surface area contributed by atoms with Gasteiger partial charge in [-0.2, -0.15) is 0 Å². The monoisotopic (exact) mass is 160 g/mol. The minimum absolute atomic E-state index is 0.454. The number of hydrogen-bond acceptors (Lipinski definition) is 2. The summed E-state index contributed by atoms with van der Waals surface area (Å²) in [7, 11) is 0. The van der Waals surface area contributed by atoms with E-state index in [0.717, 1.165) is 5.56 Å². The van der Waals surface area contributed by atoms with E-state index in [1.54, 1.807) is 13.0 Å². The van der Waals surface area contributed by atoms with Crippen LogP contribution in [-0.4, -0.2) is 5.71 Å². The summed E-state index contributed by atoms with van der Waals surface area (Å²) in [5, 5.41) is 7.60. The van der Waals surface area contributed by atoms with Crippen molar-refractivity contribution in [2.45, 2.75) is 6.92 Å². The van der Waals surface area contributed by atoms with E-state index in [2.05, 4.69) is 0 Å². The highest BCUT2D eigenvalue weighted by molar-refractivity contribution is 6.06. The van der Waals surface area contributed by atoms with Crippen molar-refractivity contribution < 1.29 is 0 Å². The van der Waals surface area contributed by atoms with Gasteiger partial charge in [0.25, 0.3) is 0 Å². The minimum Gasteiger partial charge on any atom is -0.402 e. The Kier molecular flexibility index (Phi) is 2.64. The molecule has 0 aliphatic rings. The van der Waals surface area contributed by atoms with Crippen LogP contribution in [0, 0.1) is 5.41 Å². The number of hydrogen-bond donors (Lipinski definition) is 2. The van der Waals surface area contributed by atoms with Crippen LogP contribution in [0.25, 0.3) is 0 Å². The first kappa shape index (κ1) is 8.53. The summed E-state index contributed by atoms with van der Waals surface area (Å²) in [6, 6.07) is 9.52. The average Bonchev–Trinajstić information content (AvgIpc) is 2.05. The zero-order valence-electron chi connectivity index (χ0n) is 7.04. The van der Waals surface area contributed by atoms with Crippen molar-refractivity contribution in [3.05, 3.63) is 47.7 Å². The molecule has 0 fully saturated rings. The molecule has 0 atom stereocenters. The lowest BCUT2D eigenvalue weighted by molar-refractivity contribution is 1.32. The van der Waals surface area contributed by atoms with Gasteiger partial charge in [-0.1, -0.05) is 30.3 Å². The molecular weight excluding hydrogens is 148 g/mol. The van der Waals surface area contributed by atoms with Crippen LogP contribution < -0.4 is 5.73 Å². The molecule has 0 aliphatic carbocycles. The Hall–Kier alpha value is -1.57. The molecule has 1 aromatic carbocycles. The first-order chi connectivity index (χ1) is 5.70. The van der Waals surface area contributed by atoms with Crippen molar-refractivity contribution in [2.24, 2.45) is 5.73 Å². The molecule has 0 saturated heterocycles. The third-order valence-corrected chi connectivity index (χ3v) is 1.46. The molecule has 1 aromatic rings. The van der Waals surface area contributed by atoms with Crippen LogP contribution in [0.4, 0.5) is 0 Å². The molecule has 62 valence electrons. The molecule has 0 spiro atoms. The van der Waals surface area contributed by atoms with Gasteiger partial charge in [0.15, 0.2) is 0 Å². The standard InChI is InChI=1S/C10H12N2/c1-8(11)7-10(12)9-5-3-2-4-6-9/h2-7,12H,11H2,1H3. The lowest BCUT2D eigenvalue weighted by Gasteiger charge is -1.97. The van der Waals surface area contributed by atoms with Crippen molar-refractivity contribution in [3.8, 4) is 0 Å². The summed E-state index contributed by atoms with van der Waals surface area (Å²) in [5.74, 6) is 0. The molecule has 1 rings (SSSR count). The van der Waals surface area contributed by atoms with Crippen molar-refractivity contribution in [2.75, 3.05) is 0 Å². The summed E-state index contributed by atoms with van der Waals surface area (Å²) in [6.45, 7) is 1.78. The molecule has 2 heteroatoms. The molecule has 0 saturated carbocycles. The maximum Gasteiger partial charge on any atom is 0.0629 e. The first-order valence-electron chi connectivity index (χ1n) is 3.78. The fourth-order valence-corrected chi connectivity index (χ4v) is 0.929. The van der Waals surface area contributed by atoms with Gasteiger partial charge in [0.05, 0.1) is 5.71 Å². The molecule has 0 amide bonds. The van der Waals surface area contributed by atoms with Gasteiger partial charge >= 0.3 is 0 Å². The Balaban J connectivity index is 2.87. The van der Waals surface area contributed by atoms with Gasteiger partial charge in [0.1, 0.15) is 0 Å². The van der Waals surface area contributed by atoms with E-state index in [-0.39, 0.29) is 0 Å². The van der Waals surface area contributed by atoms with E-state index in [9.17, 15) is 0 Å². The molecule has 0 radical (unpaired) electrons. The molecule has 0 unspecified atom stereocenters. The average molecular weight is 160 g/mol. The van der Waals surface area contributed by atoms with Gasteiger partial charge in [-0.15, -0.1) is 0 Å². The fourth-order valence-electron chi connectivity index (χ4n) is 0.929. The zero-order valence-corrected chi connectivity index (χ0v) is 7.04. The SMILES string of the molecule is CC(N)=CC(=N)c1ccccc1. The van der Waals surface area contributed by atoms with E-state index in [1.165, 1.54) is 0 Å². The van der Waals surface area contributed by atoms with Gasteiger partial charge < -0.3 is 11.1 Å². The lowest BCUT2D eigenvalue weighted by atomic mass is 10.1. The lowest BCUT2D eigenvalue weighted by Crippen LogP contribution is -1.99. The molecule has 0 bridgehead atoms. The fraction of sp³-hybridized carbons (Fsp3) is 0.100. The Bertz CT molecular complexity index is 295. The quantitative estimate of drug-likeness (QED) is 0.638. The Morgan fingerprint density at radius 2 is 1.92 bits per heavy atom. The highest BCUT2D eigenvalue weighted by Crippen LogP contribution is 2.01. The van der Waals surface area contributed by atoms with Crippen LogP contribution in [-0.2, 0) is 0 Å². The summed E-state index contributed by atoms with van der Waals surface area (Å²) >= 11 is 0. The summed E-state index contributed by atoms with van der Waals surface area (Å²) < 4.78 is 0. The maximum absolute atomic E-state index is 7.60. The molecule has 3 N–H and O–H groups in total. The molecule has 12 heavy (non-hydrogen) atoms. The van der Waals surface area contributed by atoms with Crippen LogP contribution >= 0.6 is 0 Å². The highest BCUT2D eigenvalue weighted by atomic mass is 14.6. The molecule has 2 nitrogen and oxygen atoms in total. The van der Waals surface area contributed by atoms with Crippen LogP contribution in [0.3, 0.4) is 0 Å². The van der Waals surface area contributed by atoms with Crippen LogP contribution in [0.15, 0.2) is 42.1 Å². The van der Waals surface area contributed by atoms with Crippen molar-refractivity contribution >= 4 is 5.71 Å². The number of nitrogens with two attached hydrogens (primary N) is 1. The Morgan fingerprint density at radius 3 is 2.42 bits per heavy atom. The van der Waals surface area contributed by atoms with Gasteiger partial charge in [0.2, 0.25) is 0 Å². The largest absolute Gasteiger partial charge is 0.402 e. The zero-order chi connectivity index (χ0) is 8.97. The molecular formula is C10H12N2. The number of nitrogens with one attached hydrogen (secondary N) is 1. The van der Waals surface area contributed by atoms with Crippen molar-refractivity contribution in [1.82, 2.24) is 0 Å².